The number of hydrogen-bond donors (Lipinski definition) is 0. The van der Waals surface area contributed by atoms with Crippen LogP contribution in [0.2, 0.25) is 0 Å². The number of nitrogens with zero attached hydrogens (tertiary/aromatic N) is 2. The van der Waals surface area contributed by atoms with Crippen molar-refractivity contribution in [2.75, 3.05) is 20.1 Å². The lowest BCUT2D eigenvalue weighted by atomic mass is 10.1. The summed E-state index contributed by atoms with van der Waals surface area (Å²) >= 11 is 0. The van der Waals surface area contributed by atoms with Crippen LogP contribution < -0.4 is 0 Å². The van der Waals surface area contributed by atoms with Crippen molar-refractivity contribution < 1.29 is 4.48 Å². The van der Waals surface area contributed by atoms with Gasteiger partial charge in [0, 0.05) is 25.2 Å². The molecule has 1 fully saturated rings. The van der Waals surface area contributed by atoms with Gasteiger partial charge in [-0.15, -0.1) is 9.60 Å². The van der Waals surface area contributed by atoms with Crippen LogP contribution in [0.15, 0.2) is 0 Å². The van der Waals surface area contributed by atoms with Crippen molar-refractivity contribution >= 4 is 0 Å². The van der Waals surface area contributed by atoms with E-state index in [1.165, 1.54) is 0 Å². The largest absolute Gasteiger partial charge is 0.298 e. The fourth-order valence-electron chi connectivity index (χ4n) is 1.34. The molecule has 74 valence electrons. The first-order valence-electron chi connectivity index (χ1n) is 4.74. The first kappa shape index (κ1) is 11.8. The third-order valence-electron chi connectivity index (χ3n) is 2.32. The molecule has 1 aliphatic heterocycles. The molecule has 0 amide bonds. The van der Waals surface area contributed by atoms with Gasteiger partial charge in [-0.05, 0) is 20.9 Å². The minimum absolute atomic E-state index is 0.341. The Morgan fingerprint density at radius 2 is 1.42 bits per heavy atom. The lowest BCUT2D eigenvalue weighted by Gasteiger charge is -2.38. The maximum Gasteiger partial charge on any atom is 0.0444 e. The average molecular weight is 176 g/mol. The van der Waals surface area contributed by atoms with Gasteiger partial charge >= 0.3 is 0 Å². The monoisotopic (exact) mass is 176 g/mol. The Morgan fingerprint density at radius 1 is 1.08 bits per heavy atom. The van der Waals surface area contributed by atoms with Crippen molar-refractivity contribution in [2.45, 2.75) is 39.8 Å². The van der Waals surface area contributed by atoms with Gasteiger partial charge in [-0.25, -0.2) is 0 Å². The van der Waals surface area contributed by atoms with Gasteiger partial charge in [0.25, 0.3) is 0 Å². The zero-order valence-corrected chi connectivity index (χ0v) is 8.84. The number of hydrogen-bond acceptors (Lipinski definition) is 2. The van der Waals surface area contributed by atoms with Crippen LogP contribution in [0, 0.1) is 0 Å². The van der Waals surface area contributed by atoms with Crippen LogP contribution in [0.3, 0.4) is 0 Å². The molecule has 0 aromatic rings. The highest BCUT2D eigenvalue weighted by molar-refractivity contribution is 4.78. The predicted molar refractivity (Wildman–Crippen MR) is 50.7 cm³/mol. The van der Waals surface area contributed by atoms with Crippen molar-refractivity contribution in [2.24, 2.45) is 0 Å². The number of piperazine rings is 1. The first-order valence-corrected chi connectivity index (χ1v) is 4.74. The molecule has 12 heavy (non-hydrogen) atoms. The van der Waals surface area contributed by atoms with Crippen molar-refractivity contribution in [1.29, 1.82) is 0 Å². The fraction of sp³-hybridized carbons (Fsp3) is 1.00. The third-order valence-corrected chi connectivity index (χ3v) is 2.32. The van der Waals surface area contributed by atoms with Gasteiger partial charge in [-0.1, -0.05) is 13.8 Å². The smallest absolute Gasteiger partial charge is 0.0444 e. The van der Waals surface area contributed by atoms with Crippen LogP contribution in [0.5, 0.6) is 0 Å². The van der Waals surface area contributed by atoms with E-state index < -0.39 is 0 Å². The molecule has 0 aromatic heterocycles. The summed E-state index contributed by atoms with van der Waals surface area (Å²) in [6, 6.07) is 0.683. The Labute approximate surface area is 75.3 Å². The quantitative estimate of drug-likeness (QED) is 0.520. The molecule has 0 N–H and O–H groups in total. The summed E-state index contributed by atoms with van der Waals surface area (Å²) in [6.45, 7) is 9.17. The molecular weight excluding hydrogens is 155 g/mol. The van der Waals surface area contributed by atoms with Crippen molar-refractivity contribution in [3.63, 3.8) is 0 Å². The van der Waals surface area contributed by atoms with E-state index in [9.17, 15) is 4.48 Å². The van der Waals surface area contributed by atoms with Crippen LogP contribution in [0.25, 0.3) is 0 Å². The standard InChI is InChI=1S/C7H15FN2.C2H6/c1-6-4-10(8)5-7(2)9(6)3;1-2/h6-7H,4-5H2,1-3H3;1-2H3. The van der Waals surface area contributed by atoms with Gasteiger partial charge in [-0.2, -0.15) is 0 Å². The Hall–Kier alpha value is -0.150. The summed E-state index contributed by atoms with van der Waals surface area (Å²) < 4.78 is 12.7. The Balaban J connectivity index is 0.000000561. The zero-order valence-electron chi connectivity index (χ0n) is 8.84. The Morgan fingerprint density at radius 3 is 1.75 bits per heavy atom. The van der Waals surface area contributed by atoms with Gasteiger partial charge < -0.3 is 0 Å². The molecule has 0 radical (unpaired) electrons. The van der Waals surface area contributed by atoms with Crippen molar-refractivity contribution in [3.8, 4) is 0 Å². The average Bonchev–Trinajstić information content (AvgIpc) is 2.04. The van der Waals surface area contributed by atoms with E-state index in [1.807, 2.05) is 34.7 Å². The summed E-state index contributed by atoms with van der Waals surface area (Å²) in [4.78, 5) is 2.20. The molecular formula is C9H21FN2. The van der Waals surface area contributed by atoms with E-state index in [0.29, 0.717) is 25.2 Å². The second kappa shape index (κ2) is 5.49. The van der Waals surface area contributed by atoms with E-state index in [1.54, 1.807) is 0 Å². The topological polar surface area (TPSA) is 6.48 Å². The normalized spacial score (nSPS) is 32.5. The third kappa shape index (κ3) is 3.07. The highest BCUT2D eigenvalue weighted by Gasteiger charge is 2.25. The molecule has 1 heterocycles. The maximum absolute atomic E-state index is 12.7. The van der Waals surface area contributed by atoms with Gasteiger partial charge in [0.05, 0.1) is 0 Å². The van der Waals surface area contributed by atoms with Crippen molar-refractivity contribution in [1.82, 2.24) is 10.0 Å². The van der Waals surface area contributed by atoms with E-state index >= 15 is 0 Å². The second-order valence-corrected chi connectivity index (χ2v) is 3.19. The summed E-state index contributed by atoms with van der Waals surface area (Å²) in [5, 5.41) is 0.898. The summed E-state index contributed by atoms with van der Waals surface area (Å²) in [6.07, 6.45) is 0. The lowest BCUT2D eigenvalue weighted by molar-refractivity contribution is -0.0605. The molecule has 0 aromatic carbocycles. The molecule has 0 bridgehead atoms. The zero-order chi connectivity index (χ0) is 9.72. The van der Waals surface area contributed by atoms with E-state index in [-0.39, 0.29) is 0 Å². The molecule has 2 unspecified atom stereocenters. The minimum Gasteiger partial charge on any atom is -0.298 e. The van der Waals surface area contributed by atoms with Crippen LogP contribution >= 0.6 is 0 Å². The maximum atomic E-state index is 12.7. The van der Waals surface area contributed by atoms with Gasteiger partial charge in [0.2, 0.25) is 0 Å². The molecule has 0 saturated carbocycles. The molecule has 0 aliphatic carbocycles. The van der Waals surface area contributed by atoms with E-state index in [2.05, 4.69) is 4.90 Å². The highest BCUT2D eigenvalue weighted by atomic mass is 19.2. The van der Waals surface area contributed by atoms with Crippen LogP contribution in [-0.4, -0.2) is 42.2 Å². The molecule has 3 heteroatoms. The second-order valence-electron chi connectivity index (χ2n) is 3.19. The van der Waals surface area contributed by atoms with Gasteiger partial charge in [-0.3, -0.25) is 4.90 Å². The predicted octanol–water partition coefficient (Wildman–Crippen LogP) is 1.92. The highest BCUT2D eigenvalue weighted by Crippen LogP contribution is 2.12. The van der Waals surface area contributed by atoms with Crippen molar-refractivity contribution in [3.05, 3.63) is 0 Å². The SMILES string of the molecule is CC.CC1CN(F)CC(C)N1C. The summed E-state index contributed by atoms with van der Waals surface area (Å²) in [7, 11) is 2.04. The molecule has 2 nitrogen and oxygen atoms in total. The van der Waals surface area contributed by atoms with Crippen LogP contribution in [-0.2, 0) is 0 Å². The molecule has 1 saturated heterocycles. The molecule has 0 spiro atoms. The molecule has 1 rings (SSSR count). The van der Waals surface area contributed by atoms with Gasteiger partial charge in [0.1, 0.15) is 0 Å². The Bertz CT molecular complexity index is 107. The fourth-order valence-corrected chi connectivity index (χ4v) is 1.34. The first-order chi connectivity index (χ1) is 5.61. The number of rotatable bonds is 0. The minimum atomic E-state index is 0.341. The molecule has 1 aliphatic rings. The number of halogens is 1. The summed E-state index contributed by atoms with van der Waals surface area (Å²) in [5.41, 5.74) is 0. The number of likely N-dealkylation sites (N-methyl/N-ethyl adjacent to an activating group) is 1. The van der Waals surface area contributed by atoms with Gasteiger partial charge in [0.15, 0.2) is 0 Å². The summed E-state index contributed by atoms with van der Waals surface area (Å²) in [5.74, 6) is 0. The lowest BCUT2D eigenvalue weighted by Crippen LogP contribution is -2.52. The van der Waals surface area contributed by atoms with Crippen LogP contribution in [0.4, 0.5) is 4.48 Å². The van der Waals surface area contributed by atoms with E-state index in [4.69, 9.17) is 0 Å². The van der Waals surface area contributed by atoms with Crippen LogP contribution in [0.1, 0.15) is 27.7 Å². The molecule has 2 atom stereocenters. The van der Waals surface area contributed by atoms with E-state index in [0.717, 1.165) is 5.12 Å². The Kier molecular flexibility index (Phi) is 5.42.